The van der Waals surface area contributed by atoms with E-state index >= 15 is 0 Å². The van der Waals surface area contributed by atoms with Crippen molar-refractivity contribution in [3.05, 3.63) is 33.9 Å². The summed E-state index contributed by atoms with van der Waals surface area (Å²) in [7, 11) is 0. The van der Waals surface area contributed by atoms with Gasteiger partial charge in [0.05, 0.1) is 4.92 Å². The van der Waals surface area contributed by atoms with Crippen molar-refractivity contribution in [1.29, 1.82) is 0 Å². The van der Waals surface area contributed by atoms with Gasteiger partial charge in [-0.25, -0.2) is 0 Å². The highest BCUT2D eigenvalue weighted by atomic mass is 16.6. The van der Waals surface area contributed by atoms with Gasteiger partial charge in [0.1, 0.15) is 0 Å². The number of hydrogen-bond acceptors (Lipinski definition) is 4. The first kappa shape index (κ1) is 15.8. The lowest BCUT2D eigenvalue weighted by Crippen LogP contribution is -2.41. The maximum absolute atomic E-state index is 10.8. The standard InChI is InChI=1S/C16H25N3O2/c1-4-18-9-5-6-14(11-18)13(3)17-16-8-7-15(19(20)21)10-12(16)2/h7-8,10,13-14,17H,4-6,9,11H2,1-3H3. The Balaban J connectivity index is 2.02. The number of nitrogens with zero attached hydrogens (tertiary/aromatic N) is 2. The van der Waals surface area contributed by atoms with E-state index in [1.807, 2.05) is 13.0 Å². The van der Waals surface area contributed by atoms with E-state index < -0.39 is 0 Å². The molecule has 0 amide bonds. The van der Waals surface area contributed by atoms with Crippen molar-refractivity contribution in [2.45, 2.75) is 39.7 Å². The maximum Gasteiger partial charge on any atom is 0.269 e. The molecule has 0 radical (unpaired) electrons. The minimum Gasteiger partial charge on any atom is -0.382 e. The first-order chi connectivity index (χ1) is 10.0. The fourth-order valence-corrected chi connectivity index (χ4v) is 3.07. The summed E-state index contributed by atoms with van der Waals surface area (Å²) in [5.74, 6) is 0.633. The van der Waals surface area contributed by atoms with Gasteiger partial charge in [-0.1, -0.05) is 6.92 Å². The zero-order chi connectivity index (χ0) is 15.4. The molecular formula is C16H25N3O2. The first-order valence-electron chi connectivity index (χ1n) is 7.75. The molecular weight excluding hydrogens is 266 g/mol. The van der Waals surface area contributed by atoms with Crippen LogP contribution in [-0.4, -0.2) is 35.5 Å². The molecule has 21 heavy (non-hydrogen) atoms. The second kappa shape index (κ2) is 6.89. The van der Waals surface area contributed by atoms with Crippen LogP contribution < -0.4 is 5.32 Å². The second-order valence-electron chi connectivity index (χ2n) is 5.98. The number of anilines is 1. The lowest BCUT2D eigenvalue weighted by atomic mass is 9.91. The van der Waals surface area contributed by atoms with Gasteiger partial charge >= 0.3 is 0 Å². The molecule has 1 aliphatic rings. The molecule has 0 aromatic heterocycles. The number of nitro benzene ring substituents is 1. The SMILES string of the molecule is CCN1CCCC(C(C)Nc2ccc([N+](=O)[O-])cc2C)C1. The molecule has 1 aromatic rings. The molecule has 2 rings (SSSR count). The number of benzene rings is 1. The van der Waals surface area contributed by atoms with E-state index in [1.165, 1.54) is 19.4 Å². The quantitative estimate of drug-likeness (QED) is 0.667. The Bertz CT molecular complexity index is 504. The summed E-state index contributed by atoms with van der Waals surface area (Å²) in [5.41, 5.74) is 2.08. The Labute approximate surface area is 126 Å². The zero-order valence-electron chi connectivity index (χ0n) is 13.1. The van der Waals surface area contributed by atoms with Crippen LogP contribution >= 0.6 is 0 Å². The van der Waals surface area contributed by atoms with Crippen LogP contribution in [0.3, 0.4) is 0 Å². The van der Waals surface area contributed by atoms with Crippen molar-refractivity contribution >= 4 is 11.4 Å². The van der Waals surface area contributed by atoms with Gasteiger partial charge in [0, 0.05) is 30.4 Å². The molecule has 1 heterocycles. The third-order valence-electron chi connectivity index (χ3n) is 4.50. The van der Waals surface area contributed by atoms with Crippen LogP contribution in [0.4, 0.5) is 11.4 Å². The van der Waals surface area contributed by atoms with Crippen LogP contribution in [0.1, 0.15) is 32.3 Å². The van der Waals surface area contributed by atoms with Gasteiger partial charge in [0.15, 0.2) is 0 Å². The third kappa shape index (κ3) is 3.94. The maximum atomic E-state index is 10.8. The minimum absolute atomic E-state index is 0.153. The highest BCUT2D eigenvalue weighted by molar-refractivity contribution is 5.55. The predicted octanol–water partition coefficient (Wildman–Crippen LogP) is 3.44. The molecule has 116 valence electrons. The summed E-state index contributed by atoms with van der Waals surface area (Å²) in [5, 5.41) is 14.3. The molecule has 0 bridgehead atoms. The van der Waals surface area contributed by atoms with E-state index in [0.29, 0.717) is 12.0 Å². The Morgan fingerprint density at radius 3 is 2.90 bits per heavy atom. The molecule has 5 nitrogen and oxygen atoms in total. The number of rotatable bonds is 5. The fraction of sp³-hybridized carbons (Fsp3) is 0.625. The molecule has 2 atom stereocenters. The van der Waals surface area contributed by atoms with Crippen LogP contribution in [0, 0.1) is 23.0 Å². The van der Waals surface area contributed by atoms with Crippen LogP contribution in [0.25, 0.3) is 0 Å². The van der Waals surface area contributed by atoms with E-state index in [9.17, 15) is 10.1 Å². The zero-order valence-corrected chi connectivity index (χ0v) is 13.1. The van der Waals surface area contributed by atoms with Crippen molar-refractivity contribution in [3.8, 4) is 0 Å². The smallest absolute Gasteiger partial charge is 0.269 e. The number of piperidine rings is 1. The normalized spacial score (nSPS) is 21.0. The lowest BCUT2D eigenvalue weighted by molar-refractivity contribution is -0.384. The molecule has 1 aliphatic heterocycles. The second-order valence-corrected chi connectivity index (χ2v) is 5.98. The van der Waals surface area contributed by atoms with Crippen LogP contribution in [-0.2, 0) is 0 Å². The molecule has 0 spiro atoms. The number of non-ortho nitro benzene ring substituents is 1. The summed E-state index contributed by atoms with van der Waals surface area (Å²) in [4.78, 5) is 12.9. The lowest BCUT2D eigenvalue weighted by Gasteiger charge is -2.36. The van der Waals surface area contributed by atoms with Crippen LogP contribution in [0.2, 0.25) is 0 Å². The van der Waals surface area contributed by atoms with E-state index in [2.05, 4.69) is 24.1 Å². The Kier molecular flexibility index (Phi) is 5.17. The van der Waals surface area contributed by atoms with Gasteiger partial charge < -0.3 is 10.2 Å². The molecule has 1 saturated heterocycles. The summed E-state index contributed by atoms with van der Waals surface area (Å²) in [6, 6.07) is 5.40. The van der Waals surface area contributed by atoms with E-state index in [-0.39, 0.29) is 10.6 Å². The van der Waals surface area contributed by atoms with Crippen LogP contribution in [0.5, 0.6) is 0 Å². The van der Waals surface area contributed by atoms with Gasteiger partial charge in [0.25, 0.3) is 5.69 Å². The third-order valence-corrected chi connectivity index (χ3v) is 4.50. The molecule has 0 aliphatic carbocycles. The van der Waals surface area contributed by atoms with Crippen molar-refractivity contribution < 1.29 is 4.92 Å². The minimum atomic E-state index is -0.347. The number of nitro groups is 1. The summed E-state index contributed by atoms with van der Waals surface area (Å²) < 4.78 is 0. The van der Waals surface area contributed by atoms with Crippen molar-refractivity contribution in [2.24, 2.45) is 5.92 Å². The van der Waals surface area contributed by atoms with Crippen molar-refractivity contribution in [3.63, 3.8) is 0 Å². The average molecular weight is 291 g/mol. The van der Waals surface area contributed by atoms with Gasteiger partial charge in [-0.3, -0.25) is 10.1 Å². The summed E-state index contributed by atoms with van der Waals surface area (Å²) in [6.07, 6.45) is 2.50. The molecule has 5 heteroatoms. The molecule has 0 saturated carbocycles. The largest absolute Gasteiger partial charge is 0.382 e. The number of likely N-dealkylation sites (tertiary alicyclic amines) is 1. The summed E-state index contributed by atoms with van der Waals surface area (Å²) >= 11 is 0. The highest BCUT2D eigenvalue weighted by Gasteiger charge is 2.24. The van der Waals surface area contributed by atoms with E-state index in [0.717, 1.165) is 24.3 Å². The van der Waals surface area contributed by atoms with Gasteiger partial charge in [-0.15, -0.1) is 0 Å². The van der Waals surface area contributed by atoms with Gasteiger partial charge in [-0.2, -0.15) is 0 Å². The topological polar surface area (TPSA) is 58.4 Å². The van der Waals surface area contributed by atoms with Gasteiger partial charge in [-0.05, 0) is 57.3 Å². The van der Waals surface area contributed by atoms with E-state index in [4.69, 9.17) is 0 Å². The number of nitrogens with one attached hydrogen (secondary N) is 1. The Morgan fingerprint density at radius 2 is 2.29 bits per heavy atom. The highest BCUT2D eigenvalue weighted by Crippen LogP contribution is 2.26. The molecule has 2 unspecified atom stereocenters. The monoisotopic (exact) mass is 291 g/mol. The number of aryl methyl sites for hydroxylation is 1. The summed E-state index contributed by atoms with van der Waals surface area (Å²) in [6.45, 7) is 9.79. The first-order valence-corrected chi connectivity index (χ1v) is 7.75. The van der Waals surface area contributed by atoms with Crippen LogP contribution in [0.15, 0.2) is 18.2 Å². The average Bonchev–Trinajstić information content (AvgIpc) is 2.49. The van der Waals surface area contributed by atoms with Crippen molar-refractivity contribution in [2.75, 3.05) is 25.0 Å². The van der Waals surface area contributed by atoms with Gasteiger partial charge in [0.2, 0.25) is 0 Å². The molecule has 1 N–H and O–H groups in total. The Morgan fingerprint density at radius 1 is 1.52 bits per heavy atom. The molecule has 1 aromatic carbocycles. The fourth-order valence-electron chi connectivity index (χ4n) is 3.07. The number of hydrogen-bond donors (Lipinski definition) is 1. The van der Waals surface area contributed by atoms with E-state index in [1.54, 1.807) is 12.1 Å². The van der Waals surface area contributed by atoms with Crippen molar-refractivity contribution in [1.82, 2.24) is 4.90 Å². The predicted molar refractivity (Wildman–Crippen MR) is 85.8 cm³/mol. The molecule has 1 fully saturated rings. The Hall–Kier alpha value is -1.62.